The van der Waals surface area contributed by atoms with Crippen molar-refractivity contribution in [2.75, 3.05) is 92.4 Å². The van der Waals surface area contributed by atoms with Crippen LogP contribution in [0.5, 0.6) is 0 Å². The molecule has 17 heteroatoms. The number of carbonyl (C=O) groups excluding carboxylic acids is 4. The number of nitrogens with one attached hydrogen (secondary N) is 2. The number of rotatable bonds is 28. The standard InChI is InChI=1S/C26H41N3O14/c30-21(3-6-29-23(32)1-2-24(29)33)27-5-8-39-10-12-41-14-16-43-18-17-42-15-13-40-11-9-38-7-4-22(31)28-20(26(36)37)19-25(34)35/h1-2,20H,3-19H2,(H,27,30)(H,28,31)(H,34,35)(H,36,37). The minimum atomic E-state index is -1.49. The van der Waals surface area contributed by atoms with Crippen LogP contribution < -0.4 is 10.6 Å². The van der Waals surface area contributed by atoms with Gasteiger partial charge in [-0.15, -0.1) is 0 Å². The maximum absolute atomic E-state index is 11.8. The fourth-order valence-electron chi connectivity index (χ4n) is 3.22. The highest BCUT2D eigenvalue weighted by molar-refractivity contribution is 6.13. The molecule has 0 spiro atoms. The van der Waals surface area contributed by atoms with Crippen LogP contribution in [-0.2, 0) is 57.2 Å². The molecular formula is C26H41N3O14. The van der Waals surface area contributed by atoms with Gasteiger partial charge in [0.25, 0.3) is 11.8 Å². The predicted molar refractivity (Wildman–Crippen MR) is 145 cm³/mol. The topological polar surface area (TPSA) is 226 Å². The molecule has 0 saturated carbocycles. The molecule has 0 saturated heterocycles. The molecule has 0 radical (unpaired) electrons. The zero-order valence-electron chi connectivity index (χ0n) is 24.0. The number of carboxylic acids is 2. The molecule has 0 aromatic heterocycles. The van der Waals surface area contributed by atoms with Crippen LogP contribution in [0.2, 0.25) is 0 Å². The van der Waals surface area contributed by atoms with Gasteiger partial charge in [0, 0.05) is 38.1 Å². The lowest BCUT2D eigenvalue weighted by Crippen LogP contribution is -2.42. The molecule has 0 aromatic rings. The second-order valence-electron chi connectivity index (χ2n) is 8.74. The fraction of sp³-hybridized carbons (Fsp3) is 0.692. The van der Waals surface area contributed by atoms with Crippen LogP contribution in [0.1, 0.15) is 19.3 Å². The van der Waals surface area contributed by atoms with E-state index in [-0.39, 0.29) is 45.1 Å². The number of imide groups is 1. The molecule has 1 rings (SSSR count). The van der Waals surface area contributed by atoms with Gasteiger partial charge in [0.2, 0.25) is 11.8 Å². The molecule has 43 heavy (non-hydrogen) atoms. The van der Waals surface area contributed by atoms with E-state index < -0.39 is 42.1 Å². The van der Waals surface area contributed by atoms with Gasteiger partial charge in [-0.1, -0.05) is 0 Å². The van der Waals surface area contributed by atoms with E-state index in [1.165, 1.54) is 12.2 Å². The van der Waals surface area contributed by atoms with Gasteiger partial charge in [0.05, 0.1) is 85.7 Å². The molecule has 1 heterocycles. The summed E-state index contributed by atoms with van der Waals surface area (Å²) < 4.78 is 32.0. The highest BCUT2D eigenvalue weighted by Gasteiger charge is 2.24. The first-order valence-electron chi connectivity index (χ1n) is 13.7. The van der Waals surface area contributed by atoms with Crippen LogP contribution in [0, 0.1) is 0 Å². The number of carbonyl (C=O) groups is 6. The number of aliphatic carboxylic acids is 2. The maximum Gasteiger partial charge on any atom is 0.326 e. The Morgan fingerprint density at radius 2 is 1.09 bits per heavy atom. The lowest BCUT2D eigenvalue weighted by atomic mass is 10.2. The van der Waals surface area contributed by atoms with Crippen LogP contribution >= 0.6 is 0 Å². The number of ether oxygens (including phenoxy) is 6. The molecule has 1 unspecified atom stereocenters. The van der Waals surface area contributed by atoms with Gasteiger partial charge in [0.15, 0.2) is 0 Å². The first-order chi connectivity index (χ1) is 20.7. The summed E-state index contributed by atoms with van der Waals surface area (Å²) in [6.45, 7) is 4.13. The third kappa shape index (κ3) is 20.1. The predicted octanol–water partition coefficient (Wildman–Crippen LogP) is -2.05. The highest BCUT2D eigenvalue weighted by atomic mass is 16.6. The van der Waals surface area contributed by atoms with Gasteiger partial charge in [-0.05, 0) is 0 Å². The van der Waals surface area contributed by atoms with Gasteiger partial charge >= 0.3 is 11.9 Å². The molecule has 17 nitrogen and oxygen atoms in total. The van der Waals surface area contributed by atoms with Gasteiger partial charge in [0.1, 0.15) is 6.04 Å². The molecule has 4 N–H and O–H groups in total. The van der Waals surface area contributed by atoms with Crippen molar-refractivity contribution < 1.29 is 67.4 Å². The largest absolute Gasteiger partial charge is 0.481 e. The van der Waals surface area contributed by atoms with Gasteiger partial charge in [-0.25, -0.2) is 4.79 Å². The molecule has 4 amide bonds. The van der Waals surface area contributed by atoms with Crippen molar-refractivity contribution >= 4 is 35.6 Å². The molecule has 1 aliphatic rings. The quantitative estimate of drug-likeness (QED) is 0.0546. The summed E-state index contributed by atoms with van der Waals surface area (Å²) in [5.41, 5.74) is 0. The molecule has 0 aliphatic carbocycles. The van der Waals surface area contributed by atoms with E-state index in [0.717, 1.165) is 4.90 Å². The van der Waals surface area contributed by atoms with Gasteiger partial charge in [-0.2, -0.15) is 0 Å². The zero-order chi connectivity index (χ0) is 31.7. The smallest absolute Gasteiger partial charge is 0.326 e. The summed E-state index contributed by atoms with van der Waals surface area (Å²) in [6.07, 6.45) is 1.56. The van der Waals surface area contributed by atoms with Crippen molar-refractivity contribution in [3.63, 3.8) is 0 Å². The second-order valence-corrected chi connectivity index (χ2v) is 8.74. The van der Waals surface area contributed by atoms with Crippen LogP contribution in [0.4, 0.5) is 0 Å². The van der Waals surface area contributed by atoms with Crippen LogP contribution in [0.3, 0.4) is 0 Å². The summed E-state index contributed by atoms with van der Waals surface area (Å²) >= 11 is 0. The lowest BCUT2D eigenvalue weighted by molar-refractivity contribution is -0.147. The third-order valence-corrected chi connectivity index (χ3v) is 5.38. The number of hydrogen-bond acceptors (Lipinski definition) is 12. The van der Waals surface area contributed by atoms with E-state index in [4.69, 9.17) is 38.6 Å². The van der Waals surface area contributed by atoms with Gasteiger partial charge in [-0.3, -0.25) is 28.9 Å². The number of hydrogen-bond donors (Lipinski definition) is 4. The van der Waals surface area contributed by atoms with Crippen LogP contribution in [-0.4, -0.2) is 149 Å². The first-order valence-corrected chi connectivity index (χ1v) is 13.7. The summed E-state index contributed by atoms with van der Waals surface area (Å²) in [5.74, 6) is -4.48. The monoisotopic (exact) mass is 619 g/mol. The second kappa shape index (κ2) is 24.0. The maximum atomic E-state index is 11.8. The van der Waals surface area contributed by atoms with E-state index >= 15 is 0 Å². The molecule has 1 aliphatic heterocycles. The average molecular weight is 620 g/mol. The SMILES string of the molecule is O=C(O)CC(NC(=O)CCOCCOCCOCCOCCOCCOCCNC(=O)CCN1C(=O)C=CC1=O)C(=O)O. The summed E-state index contributed by atoms with van der Waals surface area (Å²) in [6, 6.07) is -1.49. The molecule has 0 fully saturated rings. The zero-order valence-corrected chi connectivity index (χ0v) is 24.0. The third-order valence-electron chi connectivity index (χ3n) is 5.38. The Hall–Kier alpha value is -3.48. The van der Waals surface area contributed by atoms with Crippen molar-refractivity contribution in [1.82, 2.24) is 15.5 Å². The summed E-state index contributed by atoms with van der Waals surface area (Å²) in [4.78, 5) is 68.8. The molecule has 0 aromatic carbocycles. The van der Waals surface area contributed by atoms with Gasteiger partial charge < -0.3 is 49.3 Å². The fourth-order valence-corrected chi connectivity index (χ4v) is 3.22. The average Bonchev–Trinajstić information content (AvgIpc) is 3.28. The minimum absolute atomic E-state index is 0.0305. The Morgan fingerprint density at radius 1 is 0.651 bits per heavy atom. The van der Waals surface area contributed by atoms with E-state index in [1.807, 2.05) is 0 Å². The Morgan fingerprint density at radius 3 is 1.53 bits per heavy atom. The van der Waals surface area contributed by atoms with Crippen molar-refractivity contribution in [3.8, 4) is 0 Å². The normalized spacial score (nSPS) is 13.3. The van der Waals surface area contributed by atoms with Crippen LogP contribution in [0.25, 0.3) is 0 Å². The lowest BCUT2D eigenvalue weighted by Gasteiger charge is -2.13. The summed E-state index contributed by atoms with van der Waals surface area (Å²) in [5, 5.41) is 22.3. The summed E-state index contributed by atoms with van der Waals surface area (Å²) in [7, 11) is 0. The Balaban J connectivity index is 1.77. The van der Waals surface area contributed by atoms with Crippen molar-refractivity contribution in [2.45, 2.75) is 25.3 Å². The van der Waals surface area contributed by atoms with E-state index in [9.17, 15) is 28.8 Å². The molecule has 244 valence electrons. The first kappa shape index (κ1) is 37.5. The van der Waals surface area contributed by atoms with E-state index in [2.05, 4.69) is 10.6 Å². The van der Waals surface area contributed by atoms with E-state index in [1.54, 1.807) is 0 Å². The minimum Gasteiger partial charge on any atom is -0.481 e. The number of amides is 4. The van der Waals surface area contributed by atoms with Crippen LogP contribution in [0.15, 0.2) is 12.2 Å². The van der Waals surface area contributed by atoms with Crippen molar-refractivity contribution in [1.29, 1.82) is 0 Å². The molecular weight excluding hydrogens is 578 g/mol. The van der Waals surface area contributed by atoms with Crippen molar-refractivity contribution in [3.05, 3.63) is 12.2 Å². The van der Waals surface area contributed by atoms with E-state index in [0.29, 0.717) is 66.0 Å². The Kier molecular flexibility index (Phi) is 21.0. The molecule has 1 atom stereocenters. The number of nitrogens with zero attached hydrogens (tertiary/aromatic N) is 1. The number of carboxylic acid groups (broad SMARTS) is 2. The van der Waals surface area contributed by atoms with Crippen molar-refractivity contribution in [2.24, 2.45) is 0 Å². The molecule has 0 bridgehead atoms. The highest BCUT2D eigenvalue weighted by Crippen LogP contribution is 2.04. The Bertz CT molecular complexity index is 896. The Labute approximate surface area is 248 Å².